The SMILES string of the molecule is CC(=O)N(CCC(=O)N(C)Cc1ccccc1)c1ccc(Cl)cc1Cl. The Morgan fingerprint density at radius 2 is 1.72 bits per heavy atom. The van der Waals surface area contributed by atoms with Crippen molar-refractivity contribution in [1.82, 2.24) is 4.90 Å². The first-order valence-electron chi connectivity index (χ1n) is 7.89. The van der Waals surface area contributed by atoms with E-state index in [1.54, 1.807) is 30.1 Å². The van der Waals surface area contributed by atoms with Crippen LogP contribution in [0, 0.1) is 0 Å². The van der Waals surface area contributed by atoms with Crippen molar-refractivity contribution in [3.05, 3.63) is 64.1 Å². The lowest BCUT2D eigenvalue weighted by Gasteiger charge is -2.24. The molecule has 0 bridgehead atoms. The monoisotopic (exact) mass is 378 g/mol. The van der Waals surface area contributed by atoms with E-state index in [4.69, 9.17) is 23.2 Å². The lowest BCUT2D eigenvalue weighted by molar-refractivity contribution is -0.130. The van der Waals surface area contributed by atoms with Crippen LogP contribution in [0.1, 0.15) is 18.9 Å². The van der Waals surface area contributed by atoms with Crippen molar-refractivity contribution >= 4 is 40.7 Å². The molecule has 2 aromatic rings. The number of hydrogen-bond acceptors (Lipinski definition) is 2. The van der Waals surface area contributed by atoms with E-state index in [-0.39, 0.29) is 24.8 Å². The first-order valence-corrected chi connectivity index (χ1v) is 8.65. The minimum atomic E-state index is -0.178. The van der Waals surface area contributed by atoms with Gasteiger partial charge in [-0.3, -0.25) is 9.59 Å². The number of carbonyl (C=O) groups excluding carboxylic acids is 2. The molecule has 2 amide bonds. The smallest absolute Gasteiger partial charge is 0.224 e. The average molecular weight is 379 g/mol. The Morgan fingerprint density at radius 3 is 2.32 bits per heavy atom. The second-order valence-electron chi connectivity index (χ2n) is 5.75. The van der Waals surface area contributed by atoms with Gasteiger partial charge in [0.15, 0.2) is 0 Å². The largest absolute Gasteiger partial charge is 0.341 e. The molecule has 6 heteroatoms. The van der Waals surface area contributed by atoms with E-state index in [9.17, 15) is 9.59 Å². The number of hydrogen-bond donors (Lipinski definition) is 0. The summed E-state index contributed by atoms with van der Waals surface area (Å²) in [6.07, 6.45) is 0.210. The molecule has 0 heterocycles. The molecule has 0 aromatic heterocycles. The van der Waals surface area contributed by atoms with Gasteiger partial charge in [-0.05, 0) is 23.8 Å². The molecule has 132 valence electrons. The highest BCUT2D eigenvalue weighted by Gasteiger charge is 2.18. The summed E-state index contributed by atoms with van der Waals surface area (Å²) >= 11 is 12.1. The van der Waals surface area contributed by atoms with Crippen LogP contribution < -0.4 is 4.90 Å². The zero-order chi connectivity index (χ0) is 18.4. The summed E-state index contributed by atoms with van der Waals surface area (Å²) in [7, 11) is 1.75. The molecule has 0 aliphatic rings. The van der Waals surface area contributed by atoms with Gasteiger partial charge in [0, 0.05) is 38.5 Å². The molecule has 0 aliphatic heterocycles. The van der Waals surface area contributed by atoms with Gasteiger partial charge in [0.2, 0.25) is 11.8 Å². The van der Waals surface area contributed by atoms with Crippen LogP contribution in [0.15, 0.2) is 48.5 Å². The maximum Gasteiger partial charge on any atom is 0.224 e. The van der Waals surface area contributed by atoms with E-state index in [0.717, 1.165) is 5.56 Å². The Kier molecular flexibility index (Phi) is 6.85. The average Bonchev–Trinajstić information content (AvgIpc) is 2.57. The van der Waals surface area contributed by atoms with Gasteiger partial charge < -0.3 is 9.80 Å². The van der Waals surface area contributed by atoms with Crippen LogP contribution in [0.4, 0.5) is 5.69 Å². The predicted octanol–water partition coefficient (Wildman–Crippen LogP) is 4.40. The third-order valence-electron chi connectivity index (χ3n) is 3.82. The maximum atomic E-state index is 12.4. The number of rotatable bonds is 6. The van der Waals surface area contributed by atoms with Crippen molar-refractivity contribution in [3.8, 4) is 0 Å². The zero-order valence-corrected chi connectivity index (χ0v) is 15.7. The van der Waals surface area contributed by atoms with Gasteiger partial charge in [-0.25, -0.2) is 0 Å². The number of amides is 2. The number of anilines is 1. The van der Waals surface area contributed by atoms with Crippen molar-refractivity contribution in [2.75, 3.05) is 18.5 Å². The molecule has 0 saturated heterocycles. The third kappa shape index (κ3) is 5.48. The summed E-state index contributed by atoms with van der Waals surface area (Å²) in [6, 6.07) is 14.7. The van der Waals surface area contributed by atoms with E-state index in [1.807, 2.05) is 30.3 Å². The fourth-order valence-electron chi connectivity index (χ4n) is 2.49. The van der Waals surface area contributed by atoms with E-state index in [2.05, 4.69) is 0 Å². The van der Waals surface area contributed by atoms with Crippen LogP contribution in [0.2, 0.25) is 10.0 Å². The molecule has 25 heavy (non-hydrogen) atoms. The van der Waals surface area contributed by atoms with Crippen LogP contribution in [0.5, 0.6) is 0 Å². The summed E-state index contributed by atoms with van der Waals surface area (Å²) in [5.74, 6) is -0.220. The zero-order valence-electron chi connectivity index (χ0n) is 14.2. The van der Waals surface area contributed by atoms with E-state index in [0.29, 0.717) is 22.3 Å². The highest BCUT2D eigenvalue weighted by molar-refractivity contribution is 6.36. The standard InChI is InChI=1S/C19H20Cl2N2O2/c1-14(24)23(18-9-8-16(20)12-17(18)21)11-10-19(25)22(2)13-15-6-4-3-5-7-15/h3-9,12H,10-11,13H2,1-2H3. The van der Waals surface area contributed by atoms with E-state index in [1.165, 1.54) is 11.8 Å². The summed E-state index contributed by atoms with van der Waals surface area (Å²) in [5.41, 5.74) is 1.61. The Labute approximate surface area is 157 Å². The lowest BCUT2D eigenvalue weighted by atomic mass is 10.2. The number of benzene rings is 2. The van der Waals surface area contributed by atoms with Crippen molar-refractivity contribution in [3.63, 3.8) is 0 Å². The molecule has 0 aliphatic carbocycles. The van der Waals surface area contributed by atoms with Crippen molar-refractivity contribution in [2.45, 2.75) is 19.9 Å². The van der Waals surface area contributed by atoms with Crippen LogP contribution >= 0.6 is 23.2 Å². The molecule has 4 nitrogen and oxygen atoms in total. The van der Waals surface area contributed by atoms with E-state index >= 15 is 0 Å². The van der Waals surface area contributed by atoms with Gasteiger partial charge in [-0.15, -0.1) is 0 Å². The van der Waals surface area contributed by atoms with Crippen LogP contribution in [-0.4, -0.2) is 30.3 Å². The fraction of sp³-hybridized carbons (Fsp3) is 0.263. The number of nitrogens with zero attached hydrogens (tertiary/aromatic N) is 2. The normalized spacial score (nSPS) is 10.4. The van der Waals surface area contributed by atoms with Crippen molar-refractivity contribution in [2.24, 2.45) is 0 Å². The summed E-state index contributed by atoms with van der Waals surface area (Å²) < 4.78 is 0. The second-order valence-corrected chi connectivity index (χ2v) is 6.60. The van der Waals surface area contributed by atoms with Crippen LogP contribution in [0.25, 0.3) is 0 Å². The number of carbonyl (C=O) groups is 2. The third-order valence-corrected chi connectivity index (χ3v) is 4.36. The molecular weight excluding hydrogens is 359 g/mol. The summed E-state index contributed by atoms with van der Waals surface area (Å²) in [5, 5.41) is 0.878. The molecule has 0 spiro atoms. The van der Waals surface area contributed by atoms with Gasteiger partial charge >= 0.3 is 0 Å². The minimum Gasteiger partial charge on any atom is -0.341 e. The molecule has 0 fully saturated rings. The molecule has 2 aromatic carbocycles. The topological polar surface area (TPSA) is 40.6 Å². The fourth-order valence-corrected chi connectivity index (χ4v) is 3.00. The van der Waals surface area contributed by atoms with E-state index < -0.39 is 0 Å². The highest BCUT2D eigenvalue weighted by Crippen LogP contribution is 2.29. The molecule has 2 rings (SSSR count). The molecule has 0 saturated carbocycles. The molecule has 0 unspecified atom stereocenters. The Balaban J connectivity index is 2.00. The Hall–Kier alpha value is -2.04. The summed E-state index contributed by atoms with van der Waals surface area (Å²) in [4.78, 5) is 27.5. The highest BCUT2D eigenvalue weighted by atomic mass is 35.5. The quantitative estimate of drug-likeness (QED) is 0.747. The lowest BCUT2D eigenvalue weighted by Crippen LogP contribution is -2.34. The Bertz CT molecular complexity index is 750. The maximum absolute atomic E-state index is 12.4. The molecular formula is C19H20Cl2N2O2. The molecule has 0 radical (unpaired) electrons. The van der Waals surface area contributed by atoms with Crippen molar-refractivity contribution < 1.29 is 9.59 Å². The summed E-state index contributed by atoms with van der Waals surface area (Å²) in [6.45, 7) is 2.24. The number of halogens is 2. The van der Waals surface area contributed by atoms with Gasteiger partial charge in [0.25, 0.3) is 0 Å². The first kappa shape index (κ1) is 19.3. The van der Waals surface area contributed by atoms with Crippen molar-refractivity contribution in [1.29, 1.82) is 0 Å². The van der Waals surface area contributed by atoms with Crippen LogP contribution in [-0.2, 0) is 16.1 Å². The van der Waals surface area contributed by atoms with Gasteiger partial charge in [0.1, 0.15) is 0 Å². The molecule has 0 N–H and O–H groups in total. The first-order chi connectivity index (χ1) is 11.9. The van der Waals surface area contributed by atoms with Gasteiger partial charge in [0.05, 0.1) is 10.7 Å². The van der Waals surface area contributed by atoms with Gasteiger partial charge in [-0.2, -0.15) is 0 Å². The second kappa shape index (κ2) is 8.88. The van der Waals surface area contributed by atoms with Gasteiger partial charge in [-0.1, -0.05) is 53.5 Å². The molecule has 0 atom stereocenters. The minimum absolute atomic E-state index is 0.0415. The Morgan fingerprint density at radius 1 is 1.04 bits per heavy atom. The van der Waals surface area contributed by atoms with Crippen LogP contribution in [0.3, 0.4) is 0 Å². The predicted molar refractivity (Wildman–Crippen MR) is 102 cm³/mol.